The summed E-state index contributed by atoms with van der Waals surface area (Å²) in [5.74, 6) is -0.484. The lowest BCUT2D eigenvalue weighted by atomic mass is 10.1. The van der Waals surface area contributed by atoms with Crippen LogP contribution in [0.5, 0.6) is 0 Å². The highest BCUT2D eigenvalue weighted by molar-refractivity contribution is 6.18. The van der Waals surface area contributed by atoms with E-state index in [9.17, 15) is 19.3 Å². The number of benzene rings is 1. The van der Waals surface area contributed by atoms with Crippen LogP contribution >= 0.6 is 11.6 Å². The molecule has 7 heteroatoms. The van der Waals surface area contributed by atoms with Gasteiger partial charge in [-0.25, -0.2) is 4.39 Å². The maximum atomic E-state index is 13.3. The third kappa shape index (κ3) is 3.01. The molecule has 1 aromatic rings. The number of alkyl halides is 1. The van der Waals surface area contributed by atoms with Gasteiger partial charge in [-0.3, -0.25) is 14.9 Å². The molecule has 1 aliphatic heterocycles. The number of rotatable bonds is 3. The number of halogens is 2. The highest BCUT2D eigenvalue weighted by atomic mass is 35.5. The topological polar surface area (TPSA) is 63.4 Å². The molecule has 1 aliphatic rings. The Morgan fingerprint density at radius 3 is 2.84 bits per heavy atom. The van der Waals surface area contributed by atoms with E-state index >= 15 is 0 Å². The summed E-state index contributed by atoms with van der Waals surface area (Å²) in [6.45, 7) is 1.05. The second-order valence-electron chi connectivity index (χ2n) is 4.52. The monoisotopic (exact) mass is 286 g/mol. The number of carbonyl (C=O) groups excluding carboxylic acids is 1. The fraction of sp³-hybridized carbons (Fsp3) is 0.417. The number of nitrogens with zero attached hydrogens (tertiary/aromatic N) is 2. The van der Waals surface area contributed by atoms with Crippen molar-refractivity contribution in [2.45, 2.75) is 6.42 Å². The molecule has 1 heterocycles. The van der Waals surface area contributed by atoms with E-state index in [4.69, 9.17) is 11.6 Å². The molecule has 0 saturated carbocycles. The Hall–Kier alpha value is -1.69. The van der Waals surface area contributed by atoms with E-state index < -0.39 is 22.3 Å². The first kappa shape index (κ1) is 13.7. The molecule has 19 heavy (non-hydrogen) atoms. The van der Waals surface area contributed by atoms with Gasteiger partial charge in [0.2, 0.25) is 0 Å². The molecule has 0 bridgehead atoms. The van der Waals surface area contributed by atoms with E-state index in [-0.39, 0.29) is 11.5 Å². The van der Waals surface area contributed by atoms with Crippen LogP contribution in [0, 0.1) is 21.8 Å². The van der Waals surface area contributed by atoms with Crippen molar-refractivity contribution in [3.63, 3.8) is 0 Å². The van der Waals surface area contributed by atoms with Crippen LogP contribution < -0.4 is 0 Å². The van der Waals surface area contributed by atoms with Crippen molar-refractivity contribution in [2.24, 2.45) is 5.92 Å². The Balaban J connectivity index is 2.22. The summed E-state index contributed by atoms with van der Waals surface area (Å²) < 4.78 is 13.3. The molecule has 2 rings (SSSR count). The van der Waals surface area contributed by atoms with Crippen LogP contribution in [0.15, 0.2) is 18.2 Å². The minimum atomic E-state index is -0.786. The van der Waals surface area contributed by atoms with Crippen LogP contribution in [0.1, 0.15) is 16.8 Å². The second kappa shape index (κ2) is 5.52. The maximum Gasteiger partial charge on any atom is 0.273 e. The highest BCUT2D eigenvalue weighted by Gasteiger charge is 2.27. The smallest absolute Gasteiger partial charge is 0.273 e. The minimum Gasteiger partial charge on any atom is -0.338 e. The number of non-ortho nitro benzene ring substituents is 1. The van der Waals surface area contributed by atoms with Crippen molar-refractivity contribution >= 4 is 23.2 Å². The first-order chi connectivity index (χ1) is 9.01. The second-order valence-corrected chi connectivity index (χ2v) is 4.82. The molecule has 0 radical (unpaired) electrons. The molecule has 0 aromatic heterocycles. The molecule has 0 spiro atoms. The first-order valence-corrected chi connectivity index (χ1v) is 6.35. The van der Waals surface area contributed by atoms with Gasteiger partial charge in [0.25, 0.3) is 11.6 Å². The standard InChI is InChI=1S/C12H12ClFN2O3/c13-6-8-1-2-15(7-8)12(17)9-3-10(14)5-11(4-9)16(18)19/h3-5,8H,1-2,6-7H2. The van der Waals surface area contributed by atoms with E-state index in [1.807, 2.05) is 0 Å². The lowest BCUT2D eigenvalue weighted by Crippen LogP contribution is -2.29. The van der Waals surface area contributed by atoms with Crippen molar-refractivity contribution in [2.75, 3.05) is 19.0 Å². The minimum absolute atomic E-state index is 0.00178. The lowest BCUT2D eigenvalue weighted by molar-refractivity contribution is -0.385. The zero-order chi connectivity index (χ0) is 14.0. The summed E-state index contributed by atoms with van der Waals surface area (Å²) in [4.78, 5) is 23.6. The molecular weight excluding hydrogens is 275 g/mol. The molecule has 1 aromatic carbocycles. The van der Waals surface area contributed by atoms with Crippen molar-refractivity contribution < 1.29 is 14.1 Å². The number of amides is 1. The van der Waals surface area contributed by atoms with Gasteiger partial charge in [-0.05, 0) is 18.4 Å². The van der Waals surface area contributed by atoms with Gasteiger partial charge >= 0.3 is 0 Å². The summed E-state index contributed by atoms with van der Waals surface area (Å²) in [6, 6.07) is 2.91. The van der Waals surface area contributed by atoms with Crippen molar-refractivity contribution in [3.05, 3.63) is 39.7 Å². The van der Waals surface area contributed by atoms with E-state index in [2.05, 4.69) is 0 Å². The van der Waals surface area contributed by atoms with Crippen LogP contribution in [0.3, 0.4) is 0 Å². The summed E-state index contributed by atoms with van der Waals surface area (Å²) in [5, 5.41) is 10.6. The van der Waals surface area contributed by atoms with E-state index in [0.29, 0.717) is 19.0 Å². The van der Waals surface area contributed by atoms with Gasteiger partial charge in [0.15, 0.2) is 0 Å². The van der Waals surface area contributed by atoms with E-state index in [1.54, 1.807) is 4.90 Å². The molecule has 5 nitrogen and oxygen atoms in total. The highest BCUT2D eigenvalue weighted by Crippen LogP contribution is 2.22. The number of carbonyl (C=O) groups is 1. The molecule has 0 aliphatic carbocycles. The number of hydrogen-bond donors (Lipinski definition) is 0. The Kier molecular flexibility index (Phi) is 3.99. The zero-order valence-corrected chi connectivity index (χ0v) is 10.8. The van der Waals surface area contributed by atoms with Crippen LogP contribution in [0.2, 0.25) is 0 Å². The van der Waals surface area contributed by atoms with Crippen LogP contribution in [0.25, 0.3) is 0 Å². The Morgan fingerprint density at radius 2 is 2.26 bits per heavy atom. The normalized spacial score (nSPS) is 18.6. The van der Waals surface area contributed by atoms with Crippen LogP contribution in [-0.4, -0.2) is 34.7 Å². The Labute approximate surface area is 114 Å². The van der Waals surface area contributed by atoms with Gasteiger partial charge < -0.3 is 4.90 Å². The SMILES string of the molecule is O=C(c1cc(F)cc([N+](=O)[O-])c1)N1CCC(CCl)C1. The summed E-state index contributed by atoms with van der Waals surface area (Å²) >= 11 is 5.73. The fourth-order valence-electron chi connectivity index (χ4n) is 2.13. The van der Waals surface area contributed by atoms with Crippen LogP contribution in [0.4, 0.5) is 10.1 Å². The quantitative estimate of drug-likeness (QED) is 0.487. The van der Waals surface area contributed by atoms with Gasteiger partial charge in [0, 0.05) is 30.6 Å². The number of hydrogen-bond acceptors (Lipinski definition) is 3. The van der Waals surface area contributed by atoms with Crippen molar-refractivity contribution in [1.82, 2.24) is 4.90 Å². The van der Waals surface area contributed by atoms with Crippen LogP contribution in [-0.2, 0) is 0 Å². The van der Waals surface area contributed by atoms with Gasteiger partial charge in [-0.2, -0.15) is 0 Å². The number of nitro groups is 1. The molecule has 0 N–H and O–H groups in total. The van der Waals surface area contributed by atoms with Gasteiger partial charge in [0.05, 0.1) is 11.0 Å². The zero-order valence-electron chi connectivity index (χ0n) is 10.0. The summed E-state index contributed by atoms with van der Waals surface area (Å²) in [6.07, 6.45) is 0.798. The van der Waals surface area contributed by atoms with Gasteiger partial charge in [0.1, 0.15) is 5.82 Å². The van der Waals surface area contributed by atoms with Gasteiger partial charge in [-0.15, -0.1) is 11.6 Å². The summed E-state index contributed by atoms with van der Waals surface area (Å²) in [7, 11) is 0. The summed E-state index contributed by atoms with van der Waals surface area (Å²) in [5.41, 5.74) is -0.418. The third-order valence-corrected chi connectivity index (χ3v) is 3.57. The third-order valence-electron chi connectivity index (χ3n) is 3.13. The molecule has 1 saturated heterocycles. The number of likely N-dealkylation sites (tertiary alicyclic amines) is 1. The average Bonchev–Trinajstić information content (AvgIpc) is 2.85. The molecule has 1 unspecified atom stereocenters. The van der Waals surface area contributed by atoms with Crippen molar-refractivity contribution in [3.8, 4) is 0 Å². The van der Waals surface area contributed by atoms with E-state index in [0.717, 1.165) is 24.6 Å². The molecule has 1 amide bonds. The average molecular weight is 287 g/mol. The van der Waals surface area contributed by atoms with Crippen molar-refractivity contribution in [1.29, 1.82) is 0 Å². The van der Waals surface area contributed by atoms with E-state index in [1.165, 1.54) is 0 Å². The molecule has 1 fully saturated rings. The maximum absolute atomic E-state index is 13.3. The molecular formula is C12H12ClFN2O3. The largest absolute Gasteiger partial charge is 0.338 e. The Bertz CT molecular complexity index is 524. The number of nitro benzene ring substituents is 1. The first-order valence-electron chi connectivity index (χ1n) is 5.81. The Morgan fingerprint density at radius 1 is 1.53 bits per heavy atom. The molecule has 1 atom stereocenters. The lowest BCUT2D eigenvalue weighted by Gasteiger charge is -2.16. The molecule has 102 valence electrons. The predicted molar refractivity (Wildman–Crippen MR) is 67.8 cm³/mol. The predicted octanol–water partition coefficient (Wildman–Crippen LogP) is 2.43. The van der Waals surface area contributed by atoms with Gasteiger partial charge in [-0.1, -0.05) is 0 Å². The fourth-order valence-corrected chi connectivity index (χ4v) is 2.38.